The highest BCUT2D eigenvalue weighted by Gasteiger charge is 2.11. The maximum atomic E-state index is 12.4. The van der Waals surface area contributed by atoms with Gasteiger partial charge in [-0.05, 0) is 66.7 Å². The van der Waals surface area contributed by atoms with Gasteiger partial charge in [0.1, 0.15) is 17.4 Å². The van der Waals surface area contributed by atoms with Crippen molar-refractivity contribution in [2.45, 2.75) is 0 Å². The molecule has 1 amide bonds. The van der Waals surface area contributed by atoms with E-state index in [2.05, 4.69) is 5.32 Å². The van der Waals surface area contributed by atoms with Gasteiger partial charge in [-0.3, -0.25) is 4.79 Å². The van der Waals surface area contributed by atoms with Crippen LogP contribution in [0.4, 0.5) is 5.69 Å². The molecule has 0 aliphatic carbocycles. The molecule has 0 unspecified atom stereocenters. The molecule has 0 saturated heterocycles. The Balaban J connectivity index is 1.87. The van der Waals surface area contributed by atoms with Gasteiger partial charge in [0.05, 0.1) is 0 Å². The molecule has 0 bridgehead atoms. The number of nitrogens with one attached hydrogen (secondary N) is 1. The third-order valence-electron chi connectivity index (χ3n) is 3.67. The number of phenols is 1. The minimum Gasteiger partial charge on any atom is -0.508 e. The molecule has 2 N–H and O–H groups in total. The second-order valence-corrected chi connectivity index (χ2v) is 5.89. The van der Waals surface area contributed by atoms with E-state index < -0.39 is 5.91 Å². The van der Waals surface area contributed by atoms with Crippen LogP contribution >= 0.6 is 11.6 Å². The topological polar surface area (TPSA) is 78.0 Å². The summed E-state index contributed by atoms with van der Waals surface area (Å²) in [5, 5.41) is 21.9. The van der Waals surface area contributed by atoms with E-state index in [1.165, 1.54) is 18.2 Å². The van der Waals surface area contributed by atoms with E-state index in [0.717, 1.165) is 5.69 Å². The van der Waals surface area contributed by atoms with Crippen molar-refractivity contribution in [3.05, 3.63) is 83.2 Å². The zero-order valence-electron chi connectivity index (χ0n) is 13.6. The number of anilines is 1. The van der Waals surface area contributed by atoms with Gasteiger partial charge in [0.25, 0.3) is 5.91 Å². The van der Waals surface area contributed by atoms with Crippen LogP contribution in [0.15, 0.2) is 72.4 Å². The van der Waals surface area contributed by atoms with Crippen molar-refractivity contribution < 1.29 is 9.90 Å². The lowest BCUT2D eigenvalue weighted by Gasteiger charge is -2.08. The molecule has 1 heterocycles. The van der Waals surface area contributed by atoms with Crippen LogP contribution in [0, 0.1) is 11.3 Å². The van der Waals surface area contributed by atoms with Gasteiger partial charge in [0.15, 0.2) is 0 Å². The summed E-state index contributed by atoms with van der Waals surface area (Å²) >= 11 is 5.92. The number of phenolic OH excluding ortho intramolecular Hbond substituents is 1. The first-order valence-corrected chi connectivity index (χ1v) is 8.10. The highest BCUT2D eigenvalue weighted by atomic mass is 35.5. The van der Waals surface area contributed by atoms with Gasteiger partial charge in [0.2, 0.25) is 0 Å². The van der Waals surface area contributed by atoms with E-state index in [4.69, 9.17) is 11.6 Å². The summed E-state index contributed by atoms with van der Waals surface area (Å²) in [6.45, 7) is 0. The third-order valence-corrected chi connectivity index (χ3v) is 3.92. The second kappa shape index (κ2) is 7.60. The van der Waals surface area contributed by atoms with Crippen LogP contribution in [0.5, 0.6) is 5.75 Å². The zero-order chi connectivity index (χ0) is 18.5. The number of carbonyl (C=O) groups excluding carboxylic acids is 1. The summed E-state index contributed by atoms with van der Waals surface area (Å²) in [6, 6.07) is 18.8. The standard InChI is InChI=1S/C20H14ClN3O2/c21-15-3-7-17(8-4-15)24-11-1-2-18(24)12-14(13-22)20(26)23-16-5-9-19(25)10-6-16/h1-12,25H,(H,23,26)/b14-12-. The van der Waals surface area contributed by atoms with Crippen molar-refractivity contribution in [1.29, 1.82) is 5.26 Å². The van der Waals surface area contributed by atoms with Gasteiger partial charge in [-0.2, -0.15) is 5.26 Å². The fourth-order valence-corrected chi connectivity index (χ4v) is 2.51. The average molecular weight is 364 g/mol. The minimum absolute atomic E-state index is 0.0352. The van der Waals surface area contributed by atoms with E-state index in [-0.39, 0.29) is 11.3 Å². The Kier molecular flexibility index (Phi) is 5.07. The van der Waals surface area contributed by atoms with E-state index >= 15 is 0 Å². The number of aromatic nitrogens is 1. The van der Waals surface area contributed by atoms with E-state index in [1.807, 2.05) is 35.0 Å². The third kappa shape index (κ3) is 3.94. The number of aromatic hydroxyl groups is 1. The smallest absolute Gasteiger partial charge is 0.266 e. The Bertz CT molecular complexity index is 997. The normalized spacial score (nSPS) is 11.0. The van der Waals surface area contributed by atoms with Gasteiger partial charge in [-0.1, -0.05) is 11.6 Å². The molecule has 2 aromatic carbocycles. The molecule has 5 nitrogen and oxygen atoms in total. The zero-order valence-corrected chi connectivity index (χ0v) is 14.3. The van der Waals surface area contributed by atoms with Crippen molar-refractivity contribution in [2.75, 3.05) is 5.32 Å². The number of halogens is 1. The molecule has 6 heteroatoms. The van der Waals surface area contributed by atoms with Crippen molar-refractivity contribution in [3.63, 3.8) is 0 Å². The predicted molar refractivity (Wildman–Crippen MR) is 101 cm³/mol. The molecule has 0 fully saturated rings. The molecule has 3 aromatic rings. The number of nitrogens with zero attached hydrogens (tertiary/aromatic N) is 2. The number of hydrogen-bond donors (Lipinski definition) is 2. The fourth-order valence-electron chi connectivity index (χ4n) is 2.39. The lowest BCUT2D eigenvalue weighted by Crippen LogP contribution is -2.13. The maximum Gasteiger partial charge on any atom is 0.266 e. The predicted octanol–water partition coefficient (Wildman–Crippen LogP) is 4.38. The highest BCUT2D eigenvalue weighted by Crippen LogP contribution is 2.19. The molecule has 26 heavy (non-hydrogen) atoms. The molecule has 0 saturated carbocycles. The molecule has 0 spiro atoms. The van der Waals surface area contributed by atoms with Gasteiger partial charge in [-0.25, -0.2) is 0 Å². The van der Waals surface area contributed by atoms with E-state index in [9.17, 15) is 15.2 Å². The second-order valence-electron chi connectivity index (χ2n) is 5.45. The summed E-state index contributed by atoms with van der Waals surface area (Å²) in [5.41, 5.74) is 2.00. The Hall–Kier alpha value is -3.49. The Labute approximate surface area is 155 Å². The van der Waals surface area contributed by atoms with Gasteiger partial charge in [0, 0.05) is 28.3 Å². The summed E-state index contributed by atoms with van der Waals surface area (Å²) in [7, 11) is 0. The molecule has 0 aliphatic heterocycles. The van der Waals surface area contributed by atoms with Gasteiger partial charge >= 0.3 is 0 Å². The molecule has 0 aliphatic rings. The molecule has 128 valence electrons. The molecule has 0 atom stereocenters. The van der Waals surface area contributed by atoms with E-state index in [1.54, 1.807) is 30.3 Å². The summed E-state index contributed by atoms with van der Waals surface area (Å²) in [6.07, 6.45) is 3.35. The lowest BCUT2D eigenvalue weighted by atomic mass is 10.2. The number of hydrogen-bond acceptors (Lipinski definition) is 3. The molecule has 3 rings (SSSR count). The Morgan fingerprint density at radius 2 is 1.81 bits per heavy atom. The minimum atomic E-state index is -0.526. The van der Waals surface area contributed by atoms with Crippen LogP contribution in [0.25, 0.3) is 11.8 Å². The fraction of sp³-hybridized carbons (Fsp3) is 0. The molecule has 1 aromatic heterocycles. The largest absolute Gasteiger partial charge is 0.508 e. The van der Waals surface area contributed by atoms with Crippen molar-refractivity contribution in [3.8, 4) is 17.5 Å². The average Bonchev–Trinajstić information content (AvgIpc) is 3.10. The molecular formula is C20H14ClN3O2. The summed E-state index contributed by atoms with van der Waals surface area (Å²) in [5.74, 6) is -0.429. The quantitative estimate of drug-likeness (QED) is 0.410. The Morgan fingerprint density at radius 3 is 2.46 bits per heavy atom. The summed E-state index contributed by atoms with van der Waals surface area (Å²) < 4.78 is 1.85. The van der Waals surface area contributed by atoms with Gasteiger partial charge in [-0.15, -0.1) is 0 Å². The van der Waals surface area contributed by atoms with Crippen LogP contribution in [-0.4, -0.2) is 15.6 Å². The SMILES string of the molecule is N#C/C(=C/c1cccn1-c1ccc(Cl)cc1)C(=O)Nc1ccc(O)cc1. The van der Waals surface area contributed by atoms with Crippen LogP contribution in [0.1, 0.15) is 5.69 Å². The van der Waals surface area contributed by atoms with Crippen molar-refractivity contribution in [2.24, 2.45) is 0 Å². The van der Waals surface area contributed by atoms with Crippen LogP contribution in [0.2, 0.25) is 5.02 Å². The maximum absolute atomic E-state index is 12.4. The highest BCUT2D eigenvalue weighted by molar-refractivity contribution is 6.30. The van der Waals surface area contributed by atoms with Crippen molar-refractivity contribution in [1.82, 2.24) is 4.57 Å². The first kappa shape index (κ1) is 17.3. The number of rotatable bonds is 4. The number of carbonyl (C=O) groups is 1. The van der Waals surface area contributed by atoms with Crippen LogP contribution in [0.3, 0.4) is 0 Å². The Morgan fingerprint density at radius 1 is 1.12 bits per heavy atom. The lowest BCUT2D eigenvalue weighted by molar-refractivity contribution is -0.112. The van der Waals surface area contributed by atoms with Crippen molar-refractivity contribution >= 4 is 29.3 Å². The summed E-state index contributed by atoms with van der Waals surface area (Å²) in [4.78, 5) is 12.4. The first-order valence-electron chi connectivity index (χ1n) is 7.72. The number of benzene rings is 2. The number of nitriles is 1. The van der Waals surface area contributed by atoms with Gasteiger partial charge < -0.3 is 15.0 Å². The van der Waals surface area contributed by atoms with Crippen LogP contribution in [-0.2, 0) is 4.79 Å². The first-order chi connectivity index (χ1) is 12.6. The molecule has 0 radical (unpaired) electrons. The monoisotopic (exact) mass is 363 g/mol. The molecular weight excluding hydrogens is 350 g/mol. The number of amides is 1. The van der Waals surface area contributed by atoms with Crippen LogP contribution < -0.4 is 5.32 Å². The van der Waals surface area contributed by atoms with E-state index in [0.29, 0.717) is 16.4 Å².